The van der Waals surface area contributed by atoms with E-state index in [0.717, 1.165) is 6.07 Å². The number of carbonyl (C=O) groups excluding carboxylic acids is 1. The third-order valence-electron chi connectivity index (χ3n) is 3.44. The van der Waals surface area contributed by atoms with Gasteiger partial charge >= 0.3 is 12.3 Å². The van der Waals surface area contributed by atoms with Gasteiger partial charge in [0.1, 0.15) is 16.7 Å². The number of halogens is 4. The smallest absolute Gasteiger partial charge is 0.417 e. The number of aromatic nitrogens is 1. The van der Waals surface area contributed by atoms with Crippen molar-refractivity contribution in [3.63, 3.8) is 0 Å². The van der Waals surface area contributed by atoms with Crippen molar-refractivity contribution >= 4 is 17.7 Å². The van der Waals surface area contributed by atoms with Crippen LogP contribution in [0.2, 0.25) is 5.02 Å². The highest BCUT2D eigenvalue weighted by Gasteiger charge is 2.33. The molecule has 0 unspecified atom stereocenters. The Labute approximate surface area is 149 Å². The summed E-state index contributed by atoms with van der Waals surface area (Å²) in [4.78, 5) is 17.3. The molecule has 1 aromatic heterocycles. The molecule has 9 heteroatoms. The van der Waals surface area contributed by atoms with E-state index in [2.05, 4.69) is 4.98 Å². The Morgan fingerprint density at radius 3 is 2.60 bits per heavy atom. The van der Waals surface area contributed by atoms with Gasteiger partial charge in [-0.15, -0.1) is 0 Å². The summed E-state index contributed by atoms with van der Waals surface area (Å²) < 4.78 is 48.8. The van der Waals surface area contributed by atoms with Crippen molar-refractivity contribution in [1.29, 1.82) is 0 Å². The van der Waals surface area contributed by atoms with E-state index < -0.39 is 29.5 Å². The van der Waals surface area contributed by atoms with Gasteiger partial charge in [-0.3, -0.25) is 0 Å². The van der Waals surface area contributed by atoms with E-state index in [1.54, 1.807) is 20.8 Å². The van der Waals surface area contributed by atoms with E-state index in [-0.39, 0.29) is 17.4 Å². The van der Waals surface area contributed by atoms with Gasteiger partial charge in [0.05, 0.1) is 12.1 Å². The highest BCUT2D eigenvalue weighted by molar-refractivity contribution is 6.31. The first kappa shape index (κ1) is 19.6. The topological polar surface area (TPSA) is 51.7 Å². The minimum atomic E-state index is -4.52. The first-order valence-electron chi connectivity index (χ1n) is 7.83. The van der Waals surface area contributed by atoms with E-state index in [9.17, 15) is 18.0 Å². The van der Waals surface area contributed by atoms with Crippen LogP contribution < -0.4 is 4.74 Å². The Morgan fingerprint density at radius 1 is 1.36 bits per heavy atom. The van der Waals surface area contributed by atoms with Crippen LogP contribution in [-0.4, -0.2) is 40.8 Å². The molecule has 2 rings (SSSR count). The molecule has 1 fully saturated rings. The summed E-state index contributed by atoms with van der Waals surface area (Å²) in [6.07, 6.45) is -3.39. The molecule has 0 radical (unpaired) electrons. The van der Waals surface area contributed by atoms with Gasteiger partial charge < -0.3 is 14.4 Å². The maximum Gasteiger partial charge on any atom is 0.417 e. The molecule has 0 bridgehead atoms. The van der Waals surface area contributed by atoms with Gasteiger partial charge in [-0.1, -0.05) is 11.6 Å². The van der Waals surface area contributed by atoms with Crippen LogP contribution in [0, 0.1) is 0 Å². The zero-order valence-electron chi connectivity index (χ0n) is 14.2. The predicted octanol–water partition coefficient (Wildman–Crippen LogP) is 4.53. The van der Waals surface area contributed by atoms with Crippen molar-refractivity contribution in [3.8, 4) is 5.88 Å². The molecule has 0 aromatic carbocycles. The molecule has 1 aliphatic rings. The number of alkyl halides is 3. The highest BCUT2D eigenvalue weighted by Crippen LogP contribution is 2.33. The quantitative estimate of drug-likeness (QED) is 0.756. The van der Waals surface area contributed by atoms with Crippen LogP contribution in [-0.2, 0) is 10.9 Å². The molecule has 25 heavy (non-hydrogen) atoms. The minimum absolute atomic E-state index is 0.0781. The van der Waals surface area contributed by atoms with Crippen LogP contribution >= 0.6 is 11.6 Å². The molecule has 1 atom stereocenters. The normalized spacial score (nSPS) is 18.8. The lowest BCUT2D eigenvalue weighted by atomic mass is 10.1. The lowest BCUT2D eigenvalue weighted by molar-refractivity contribution is -0.137. The van der Waals surface area contributed by atoms with Crippen LogP contribution in [0.5, 0.6) is 5.88 Å². The van der Waals surface area contributed by atoms with Crippen LogP contribution in [0.25, 0.3) is 0 Å². The molecule has 1 saturated heterocycles. The molecule has 1 aliphatic heterocycles. The van der Waals surface area contributed by atoms with Crippen LogP contribution in [0.15, 0.2) is 12.3 Å². The fourth-order valence-corrected chi connectivity index (χ4v) is 2.56. The van der Waals surface area contributed by atoms with Crippen molar-refractivity contribution in [3.05, 3.63) is 22.8 Å². The molecule has 0 spiro atoms. The summed E-state index contributed by atoms with van der Waals surface area (Å²) in [5, 5.41) is -0.218. The molecule has 5 nitrogen and oxygen atoms in total. The molecule has 0 aliphatic carbocycles. The van der Waals surface area contributed by atoms with Gasteiger partial charge in [0.25, 0.3) is 0 Å². The summed E-state index contributed by atoms with van der Waals surface area (Å²) in [7, 11) is 0. The SMILES string of the molecule is CC(C)(C)OC(=O)N1CCC[C@@H](Oc2ncc(C(F)(F)F)cc2Cl)C1. The van der Waals surface area contributed by atoms with Gasteiger partial charge in [0, 0.05) is 12.7 Å². The third-order valence-corrected chi connectivity index (χ3v) is 3.71. The number of hydrogen-bond donors (Lipinski definition) is 0. The summed E-state index contributed by atoms with van der Waals surface area (Å²) in [6.45, 7) is 6.11. The Morgan fingerprint density at radius 2 is 2.04 bits per heavy atom. The maximum atomic E-state index is 12.6. The summed E-state index contributed by atoms with van der Waals surface area (Å²) in [5.41, 5.74) is -1.55. The molecule has 1 aromatic rings. The Kier molecular flexibility index (Phi) is 5.71. The van der Waals surface area contributed by atoms with Crippen molar-refractivity contribution in [1.82, 2.24) is 9.88 Å². The molecular formula is C16H20ClF3N2O3. The predicted molar refractivity (Wildman–Crippen MR) is 85.7 cm³/mol. The second-order valence-electron chi connectivity index (χ2n) is 6.82. The van der Waals surface area contributed by atoms with Crippen molar-refractivity contribution in [2.45, 2.75) is 51.5 Å². The minimum Gasteiger partial charge on any atom is -0.471 e. The van der Waals surface area contributed by atoms with Gasteiger partial charge in [-0.05, 0) is 39.7 Å². The lowest BCUT2D eigenvalue weighted by Gasteiger charge is -2.34. The van der Waals surface area contributed by atoms with E-state index in [0.29, 0.717) is 25.6 Å². The number of hydrogen-bond acceptors (Lipinski definition) is 4. The Balaban J connectivity index is 2.02. The molecule has 2 heterocycles. The van der Waals surface area contributed by atoms with Gasteiger partial charge in [-0.2, -0.15) is 13.2 Å². The Bertz CT molecular complexity index is 632. The fourth-order valence-electron chi connectivity index (χ4n) is 2.35. The number of amides is 1. The number of nitrogens with zero attached hydrogens (tertiary/aromatic N) is 2. The van der Waals surface area contributed by atoms with Crippen LogP contribution in [0.4, 0.5) is 18.0 Å². The zero-order chi connectivity index (χ0) is 18.8. The number of rotatable bonds is 2. The van der Waals surface area contributed by atoms with E-state index in [4.69, 9.17) is 21.1 Å². The summed E-state index contributed by atoms with van der Waals surface area (Å²) in [6, 6.07) is 0.776. The molecule has 1 amide bonds. The molecular weight excluding hydrogens is 361 g/mol. The first-order chi connectivity index (χ1) is 11.5. The highest BCUT2D eigenvalue weighted by atomic mass is 35.5. The third kappa shape index (κ3) is 5.66. The second-order valence-corrected chi connectivity index (χ2v) is 7.22. The van der Waals surface area contributed by atoms with E-state index in [1.165, 1.54) is 4.90 Å². The monoisotopic (exact) mass is 380 g/mol. The van der Waals surface area contributed by atoms with E-state index in [1.807, 2.05) is 0 Å². The standard InChI is InChI=1S/C16H20ClF3N2O3/c1-15(2,3)25-14(23)22-6-4-5-11(9-22)24-13-12(17)7-10(8-21-13)16(18,19)20/h7-8,11H,4-6,9H2,1-3H3/t11-/m1/s1. The second kappa shape index (κ2) is 7.27. The fraction of sp³-hybridized carbons (Fsp3) is 0.625. The number of pyridine rings is 1. The average molecular weight is 381 g/mol. The summed E-state index contributed by atoms with van der Waals surface area (Å²) in [5.74, 6) is -0.0781. The zero-order valence-corrected chi connectivity index (χ0v) is 14.9. The summed E-state index contributed by atoms with van der Waals surface area (Å²) >= 11 is 5.85. The van der Waals surface area contributed by atoms with Gasteiger partial charge in [0.15, 0.2) is 0 Å². The number of carbonyl (C=O) groups is 1. The Hall–Kier alpha value is -1.70. The van der Waals surface area contributed by atoms with Crippen LogP contribution in [0.1, 0.15) is 39.2 Å². The first-order valence-corrected chi connectivity index (χ1v) is 8.21. The largest absolute Gasteiger partial charge is 0.471 e. The molecule has 140 valence electrons. The van der Waals surface area contributed by atoms with Gasteiger partial charge in [-0.25, -0.2) is 9.78 Å². The van der Waals surface area contributed by atoms with Gasteiger partial charge in [0.2, 0.25) is 5.88 Å². The number of likely N-dealkylation sites (tertiary alicyclic amines) is 1. The van der Waals surface area contributed by atoms with E-state index >= 15 is 0 Å². The van der Waals surface area contributed by atoms with Crippen molar-refractivity contribution < 1.29 is 27.4 Å². The number of piperidine rings is 1. The molecule has 0 saturated carbocycles. The average Bonchev–Trinajstić information content (AvgIpc) is 2.47. The lowest BCUT2D eigenvalue weighted by Crippen LogP contribution is -2.46. The van der Waals surface area contributed by atoms with Crippen molar-refractivity contribution in [2.24, 2.45) is 0 Å². The molecule has 0 N–H and O–H groups in total. The maximum absolute atomic E-state index is 12.6. The van der Waals surface area contributed by atoms with Crippen molar-refractivity contribution in [2.75, 3.05) is 13.1 Å². The number of ether oxygens (including phenoxy) is 2. The van der Waals surface area contributed by atoms with Crippen LogP contribution in [0.3, 0.4) is 0 Å².